The fourth-order valence-corrected chi connectivity index (χ4v) is 4.30. The van der Waals surface area contributed by atoms with Gasteiger partial charge in [0, 0.05) is 12.1 Å². The zero-order valence-electron chi connectivity index (χ0n) is 11.7. The molecule has 1 aliphatic rings. The monoisotopic (exact) mass is 335 g/mol. The number of nitrogens with one attached hydrogen (secondary N) is 1. The lowest BCUT2D eigenvalue weighted by atomic mass is 10.0. The molecule has 0 aromatic heterocycles. The number of hydrogen-bond acceptors (Lipinski definition) is 3. The second-order valence-corrected chi connectivity index (χ2v) is 7.68. The number of halogens is 3. The molecule has 1 aliphatic heterocycles. The summed E-state index contributed by atoms with van der Waals surface area (Å²) >= 11 is 0. The van der Waals surface area contributed by atoms with Crippen LogP contribution in [0.15, 0.2) is 24.3 Å². The molecule has 1 saturated heterocycles. The van der Waals surface area contributed by atoms with E-state index in [9.17, 15) is 26.4 Å². The number of alkyl halides is 3. The maximum absolute atomic E-state index is 12.6. The molecule has 2 rings (SSSR count). The maximum atomic E-state index is 12.6. The lowest BCUT2D eigenvalue weighted by Crippen LogP contribution is -2.28. The molecule has 1 aromatic carbocycles. The number of carbonyl (C=O) groups excluding carboxylic acids is 1. The predicted octanol–water partition coefficient (Wildman–Crippen LogP) is 2.86. The van der Waals surface area contributed by atoms with Crippen LogP contribution in [-0.4, -0.2) is 25.8 Å². The van der Waals surface area contributed by atoms with Crippen LogP contribution in [0, 0.1) is 5.92 Å². The van der Waals surface area contributed by atoms with E-state index in [1.807, 2.05) is 0 Å². The number of benzene rings is 1. The summed E-state index contributed by atoms with van der Waals surface area (Å²) in [6, 6.07) is 4.35. The number of anilines is 1. The van der Waals surface area contributed by atoms with Gasteiger partial charge in [0.2, 0.25) is 5.91 Å². The minimum absolute atomic E-state index is 0.00449. The molecule has 0 spiro atoms. The SMILES string of the molecule is O=C(CC1CCCS(=O)(=O)C1)Nc1cccc(C(F)(F)F)c1. The Balaban J connectivity index is 1.98. The van der Waals surface area contributed by atoms with Gasteiger partial charge in [-0.2, -0.15) is 13.2 Å². The summed E-state index contributed by atoms with van der Waals surface area (Å²) in [7, 11) is -3.11. The van der Waals surface area contributed by atoms with E-state index >= 15 is 0 Å². The summed E-state index contributed by atoms with van der Waals surface area (Å²) in [4.78, 5) is 11.9. The van der Waals surface area contributed by atoms with Gasteiger partial charge in [-0.3, -0.25) is 4.79 Å². The Morgan fingerprint density at radius 1 is 1.32 bits per heavy atom. The minimum Gasteiger partial charge on any atom is -0.326 e. The fraction of sp³-hybridized carbons (Fsp3) is 0.500. The summed E-state index contributed by atoms with van der Waals surface area (Å²) in [5, 5.41) is 2.40. The molecule has 4 nitrogen and oxygen atoms in total. The maximum Gasteiger partial charge on any atom is 0.416 e. The lowest BCUT2D eigenvalue weighted by Gasteiger charge is -2.21. The molecule has 1 aromatic rings. The highest BCUT2D eigenvalue weighted by atomic mass is 32.2. The van der Waals surface area contributed by atoms with E-state index in [0.717, 1.165) is 12.1 Å². The van der Waals surface area contributed by atoms with Crippen LogP contribution in [0.1, 0.15) is 24.8 Å². The third-order valence-corrected chi connectivity index (χ3v) is 5.40. The number of carbonyl (C=O) groups is 1. The lowest BCUT2D eigenvalue weighted by molar-refractivity contribution is -0.137. The Hall–Kier alpha value is -1.57. The molecular weight excluding hydrogens is 319 g/mol. The van der Waals surface area contributed by atoms with Crippen LogP contribution >= 0.6 is 0 Å². The molecule has 122 valence electrons. The van der Waals surface area contributed by atoms with Gasteiger partial charge in [-0.15, -0.1) is 0 Å². The average Bonchev–Trinajstić information content (AvgIpc) is 2.36. The van der Waals surface area contributed by atoms with E-state index in [1.165, 1.54) is 12.1 Å². The van der Waals surface area contributed by atoms with Crippen LogP contribution in [0.5, 0.6) is 0 Å². The quantitative estimate of drug-likeness (QED) is 0.924. The smallest absolute Gasteiger partial charge is 0.326 e. The molecule has 0 saturated carbocycles. The summed E-state index contributed by atoms with van der Waals surface area (Å²) < 4.78 is 60.8. The normalized spacial score (nSPS) is 21.3. The average molecular weight is 335 g/mol. The Kier molecular flexibility index (Phi) is 4.79. The van der Waals surface area contributed by atoms with Gasteiger partial charge >= 0.3 is 6.18 Å². The van der Waals surface area contributed by atoms with E-state index in [4.69, 9.17) is 0 Å². The fourth-order valence-electron chi connectivity index (χ4n) is 2.53. The third kappa shape index (κ3) is 4.72. The molecule has 1 fully saturated rings. The summed E-state index contributed by atoms with van der Waals surface area (Å²) in [5.41, 5.74) is -0.788. The number of rotatable bonds is 3. The summed E-state index contributed by atoms with van der Waals surface area (Å²) in [6.45, 7) is 0. The predicted molar refractivity (Wildman–Crippen MR) is 76.1 cm³/mol. The van der Waals surface area contributed by atoms with Crippen LogP contribution in [0.3, 0.4) is 0 Å². The Morgan fingerprint density at radius 2 is 2.05 bits per heavy atom. The van der Waals surface area contributed by atoms with E-state index in [0.29, 0.717) is 12.8 Å². The zero-order valence-corrected chi connectivity index (χ0v) is 12.5. The summed E-state index contributed by atoms with van der Waals surface area (Å²) in [5.74, 6) is -0.646. The third-order valence-electron chi connectivity index (χ3n) is 3.51. The van der Waals surface area contributed by atoms with Gasteiger partial charge in [0.25, 0.3) is 0 Å². The van der Waals surface area contributed by atoms with Gasteiger partial charge in [-0.25, -0.2) is 8.42 Å². The Labute approximate surface area is 126 Å². The molecule has 8 heteroatoms. The molecule has 0 radical (unpaired) electrons. The van der Waals surface area contributed by atoms with Crippen molar-refractivity contribution in [3.8, 4) is 0 Å². The molecule has 0 aliphatic carbocycles. The van der Waals surface area contributed by atoms with Crippen molar-refractivity contribution in [3.05, 3.63) is 29.8 Å². The first-order chi connectivity index (χ1) is 10.2. The molecule has 22 heavy (non-hydrogen) atoms. The van der Waals surface area contributed by atoms with Gasteiger partial charge in [0.1, 0.15) is 0 Å². The molecule has 1 atom stereocenters. The largest absolute Gasteiger partial charge is 0.416 e. The van der Waals surface area contributed by atoms with Crippen LogP contribution < -0.4 is 5.32 Å². The van der Waals surface area contributed by atoms with Crippen molar-refractivity contribution in [2.45, 2.75) is 25.4 Å². The van der Waals surface area contributed by atoms with Crippen molar-refractivity contribution in [1.29, 1.82) is 0 Å². The van der Waals surface area contributed by atoms with Gasteiger partial charge in [-0.05, 0) is 37.0 Å². The van der Waals surface area contributed by atoms with Crippen molar-refractivity contribution in [2.24, 2.45) is 5.92 Å². The number of sulfone groups is 1. The highest BCUT2D eigenvalue weighted by Gasteiger charge is 2.31. The van der Waals surface area contributed by atoms with Gasteiger partial charge < -0.3 is 5.32 Å². The van der Waals surface area contributed by atoms with Gasteiger partial charge in [0.05, 0.1) is 17.1 Å². The Bertz CT molecular complexity index is 656. The minimum atomic E-state index is -4.47. The van der Waals surface area contributed by atoms with Gasteiger partial charge in [0.15, 0.2) is 9.84 Å². The molecular formula is C14H16F3NO3S. The van der Waals surface area contributed by atoms with Crippen molar-refractivity contribution in [2.75, 3.05) is 16.8 Å². The Morgan fingerprint density at radius 3 is 2.68 bits per heavy atom. The first-order valence-electron chi connectivity index (χ1n) is 6.83. The van der Waals surface area contributed by atoms with Crippen LogP contribution in [0.2, 0.25) is 0 Å². The standard InChI is InChI=1S/C14H16F3NO3S/c15-14(16,17)11-4-1-5-12(8-11)18-13(19)7-10-3-2-6-22(20,21)9-10/h1,4-5,8,10H,2-3,6-7,9H2,(H,18,19). The molecule has 1 heterocycles. The van der Waals surface area contributed by atoms with E-state index in [-0.39, 0.29) is 29.5 Å². The summed E-state index contributed by atoms with van der Waals surface area (Å²) in [6.07, 6.45) is -3.33. The first-order valence-corrected chi connectivity index (χ1v) is 8.65. The van der Waals surface area contributed by atoms with E-state index < -0.39 is 27.5 Å². The van der Waals surface area contributed by atoms with Crippen LogP contribution in [0.25, 0.3) is 0 Å². The second-order valence-electron chi connectivity index (χ2n) is 5.45. The van der Waals surface area contributed by atoms with Gasteiger partial charge in [-0.1, -0.05) is 6.07 Å². The van der Waals surface area contributed by atoms with Crippen molar-refractivity contribution in [1.82, 2.24) is 0 Å². The van der Waals surface area contributed by atoms with E-state index in [2.05, 4.69) is 5.32 Å². The number of hydrogen-bond donors (Lipinski definition) is 1. The zero-order chi connectivity index (χ0) is 16.4. The number of amides is 1. The van der Waals surface area contributed by atoms with Crippen LogP contribution in [-0.2, 0) is 20.8 Å². The highest BCUT2D eigenvalue weighted by Crippen LogP contribution is 2.30. The molecule has 1 N–H and O–H groups in total. The molecule has 1 amide bonds. The van der Waals surface area contributed by atoms with Crippen molar-refractivity contribution in [3.63, 3.8) is 0 Å². The second kappa shape index (κ2) is 6.28. The van der Waals surface area contributed by atoms with Crippen molar-refractivity contribution < 1.29 is 26.4 Å². The highest BCUT2D eigenvalue weighted by molar-refractivity contribution is 7.91. The topological polar surface area (TPSA) is 63.2 Å². The molecule has 0 bridgehead atoms. The van der Waals surface area contributed by atoms with E-state index in [1.54, 1.807) is 0 Å². The van der Waals surface area contributed by atoms with Crippen molar-refractivity contribution >= 4 is 21.4 Å². The molecule has 1 unspecified atom stereocenters. The first kappa shape index (κ1) is 16.8. The van der Waals surface area contributed by atoms with Crippen LogP contribution in [0.4, 0.5) is 18.9 Å².